The molecule has 1 unspecified atom stereocenters. The fourth-order valence-electron chi connectivity index (χ4n) is 2.95. The number of ketones is 1. The van der Waals surface area contributed by atoms with Crippen molar-refractivity contribution in [3.05, 3.63) is 12.0 Å². The number of hydrogen-bond acceptors (Lipinski definition) is 7. The summed E-state index contributed by atoms with van der Waals surface area (Å²) >= 11 is 0. The van der Waals surface area contributed by atoms with Crippen LogP contribution in [0.15, 0.2) is 12.0 Å². The van der Waals surface area contributed by atoms with Crippen molar-refractivity contribution in [2.75, 3.05) is 6.61 Å². The minimum Gasteiger partial charge on any atom is -0.337 e. The van der Waals surface area contributed by atoms with E-state index in [0.717, 1.165) is 0 Å². The summed E-state index contributed by atoms with van der Waals surface area (Å²) in [6.07, 6.45) is -11.1. The van der Waals surface area contributed by atoms with Crippen LogP contribution in [0.3, 0.4) is 0 Å². The van der Waals surface area contributed by atoms with Gasteiger partial charge in [0.2, 0.25) is 11.7 Å². The van der Waals surface area contributed by atoms with Gasteiger partial charge in [0, 0.05) is 6.20 Å². The van der Waals surface area contributed by atoms with Crippen LogP contribution in [0.25, 0.3) is 0 Å². The number of alkyl halides is 3. The molecule has 0 N–H and O–H groups in total. The van der Waals surface area contributed by atoms with Crippen LogP contribution in [-0.2, 0) is 32.5 Å². The summed E-state index contributed by atoms with van der Waals surface area (Å²) in [6, 6.07) is 0. The highest BCUT2D eigenvalue weighted by molar-refractivity contribution is 7.48. The number of ether oxygens (including phenoxy) is 1. The van der Waals surface area contributed by atoms with Crippen molar-refractivity contribution in [3.8, 4) is 0 Å². The van der Waals surface area contributed by atoms with Gasteiger partial charge in [0.15, 0.2) is 23.8 Å². The van der Waals surface area contributed by atoms with E-state index in [9.17, 15) is 31.7 Å². The Morgan fingerprint density at radius 2 is 2.04 bits per heavy atom. The van der Waals surface area contributed by atoms with Gasteiger partial charge in [-0.3, -0.25) is 28.1 Å². The first-order chi connectivity index (χ1) is 12.5. The molecule has 5 atom stereocenters. The van der Waals surface area contributed by atoms with Gasteiger partial charge in [0.1, 0.15) is 6.10 Å². The first kappa shape index (κ1) is 20.4. The van der Waals surface area contributed by atoms with Crippen LogP contribution in [0.4, 0.5) is 17.6 Å². The number of allylic oxidation sites excluding steroid dienone is 1. The van der Waals surface area contributed by atoms with E-state index >= 15 is 0 Å². The first-order valence-corrected chi connectivity index (χ1v) is 9.38. The molecule has 0 aliphatic carbocycles. The Balaban J connectivity index is 1.93. The van der Waals surface area contributed by atoms with E-state index in [4.69, 9.17) is 18.3 Å². The predicted molar refractivity (Wildman–Crippen MR) is 78.8 cm³/mol. The second-order valence-corrected chi connectivity index (χ2v) is 8.06. The predicted octanol–water partition coefficient (Wildman–Crippen LogP) is 2.25. The molecule has 0 spiro atoms. The van der Waals surface area contributed by atoms with Gasteiger partial charge in [0.05, 0.1) is 19.1 Å². The molecule has 3 aliphatic heterocycles. The molecule has 1 amide bonds. The van der Waals surface area contributed by atoms with Gasteiger partial charge in [0.25, 0.3) is 6.43 Å². The molecule has 0 radical (unpaired) electrons. The van der Waals surface area contributed by atoms with Crippen molar-refractivity contribution < 1.29 is 50.0 Å². The second-order valence-electron chi connectivity index (χ2n) is 6.49. The number of carbonyl (C=O) groups is 2. The van der Waals surface area contributed by atoms with Crippen LogP contribution in [0.2, 0.25) is 0 Å². The number of nitrogens with zero attached hydrogens (tertiary/aromatic N) is 1. The first-order valence-electron chi connectivity index (χ1n) is 7.92. The Morgan fingerprint density at radius 3 is 2.63 bits per heavy atom. The fourth-order valence-corrected chi connectivity index (χ4v) is 4.57. The fraction of sp³-hybridized carbons (Fsp3) is 0.714. The largest absolute Gasteiger partial charge is 0.475 e. The van der Waals surface area contributed by atoms with Gasteiger partial charge in [-0.05, 0) is 13.8 Å². The third kappa shape index (κ3) is 3.44. The number of rotatable bonds is 4. The summed E-state index contributed by atoms with van der Waals surface area (Å²) in [5, 5.41) is 0. The zero-order valence-corrected chi connectivity index (χ0v) is 15.0. The third-order valence-corrected chi connectivity index (χ3v) is 5.79. The Morgan fingerprint density at radius 1 is 1.37 bits per heavy atom. The lowest BCUT2D eigenvalue weighted by atomic mass is 9.97. The van der Waals surface area contributed by atoms with E-state index in [1.165, 1.54) is 13.8 Å². The number of phosphoric ester groups is 1. The molecule has 13 heteroatoms. The Kier molecular flexibility index (Phi) is 5.23. The Labute approximate surface area is 151 Å². The maximum Gasteiger partial charge on any atom is 0.475 e. The van der Waals surface area contributed by atoms with Gasteiger partial charge in [-0.2, -0.15) is 0 Å². The van der Waals surface area contributed by atoms with Gasteiger partial charge in [-0.1, -0.05) is 0 Å². The zero-order valence-electron chi connectivity index (χ0n) is 14.1. The summed E-state index contributed by atoms with van der Waals surface area (Å²) in [5.74, 6) is -3.52. The van der Waals surface area contributed by atoms with E-state index in [-0.39, 0.29) is 0 Å². The molecule has 2 fully saturated rings. The summed E-state index contributed by atoms with van der Waals surface area (Å²) in [6.45, 7) is 1.90. The van der Waals surface area contributed by atoms with Crippen molar-refractivity contribution in [2.24, 2.45) is 0 Å². The molecule has 0 saturated carbocycles. The number of carbonyl (C=O) groups excluding carboxylic acids is 2. The smallest absolute Gasteiger partial charge is 0.337 e. The number of phosphoric acid groups is 1. The van der Waals surface area contributed by atoms with Gasteiger partial charge < -0.3 is 4.74 Å². The Bertz CT molecular complexity index is 732. The molecule has 27 heavy (non-hydrogen) atoms. The lowest BCUT2D eigenvalue weighted by Crippen LogP contribution is -2.55. The molecule has 0 aromatic rings. The average molecular weight is 417 g/mol. The molecule has 0 aromatic heterocycles. The normalized spacial score (nSPS) is 39.9. The standard InChI is InChI=1S/C14H16F4NO7P/c1-6(2)25-27(22)23-5-14(13(17)18)11(26-27)10(16)12(24-14)19-4-7(15)8(20)3-9(19)21/h4,6,10-13H,3,5H2,1-2H3/t10-,11+,12-,14-,27?/m1/s1. The van der Waals surface area contributed by atoms with Crippen LogP contribution < -0.4 is 0 Å². The molecule has 3 aliphatic rings. The van der Waals surface area contributed by atoms with E-state index in [1.807, 2.05) is 0 Å². The SMILES string of the molecule is CC(C)OP1(=O)OC[C@@]2(C(F)F)O[C@@H](N3C=C(F)C(=O)CC3=O)[C@H](F)[C@@H]2O1. The monoisotopic (exact) mass is 417 g/mol. The molecular weight excluding hydrogens is 401 g/mol. The molecule has 152 valence electrons. The Hall–Kier alpha value is -1.33. The van der Waals surface area contributed by atoms with Gasteiger partial charge >= 0.3 is 7.82 Å². The summed E-state index contributed by atoms with van der Waals surface area (Å²) in [7, 11) is -4.36. The number of halogens is 4. The van der Waals surface area contributed by atoms with Crippen molar-refractivity contribution >= 4 is 19.5 Å². The highest BCUT2D eigenvalue weighted by atomic mass is 31.2. The minimum absolute atomic E-state index is 0.376. The lowest BCUT2D eigenvalue weighted by molar-refractivity contribution is -0.213. The third-order valence-electron chi connectivity index (χ3n) is 4.18. The number of Topliss-reactive ketones (excluding diaryl/α,β-unsaturated/α-hetero) is 1. The van der Waals surface area contributed by atoms with Crippen molar-refractivity contribution in [3.63, 3.8) is 0 Å². The van der Waals surface area contributed by atoms with Crippen molar-refractivity contribution in [2.45, 2.75) is 56.9 Å². The molecule has 0 bridgehead atoms. The van der Waals surface area contributed by atoms with Crippen molar-refractivity contribution in [1.82, 2.24) is 4.90 Å². The molecule has 2 saturated heterocycles. The lowest BCUT2D eigenvalue weighted by Gasteiger charge is -2.39. The molecular formula is C14H16F4NO7P. The maximum atomic E-state index is 14.9. The van der Waals surface area contributed by atoms with Crippen LogP contribution in [0, 0.1) is 0 Å². The van der Waals surface area contributed by atoms with Gasteiger partial charge in [-0.15, -0.1) is 0 Å². The molecule has 8 nitrogen and oxygen atoms in total. The van der Waals surface area contributed by atoms with Crippen LogP contribution >= 0.6 is 7.82 Å². The number of fused-ring (bicyclic) bond motifs is 1. The van der Waals surface area contributed by atoms with Crippen LogP contribution in [0.5, 0.6) is 0 Å². The highest BCUT2D eigenvalue weighted by Gasteiger charge is 2.68. The summed E-state index contributed by atoms with van der Waals surface area (Å²) in [4.78, 5) is 23.5. The molecule has 3 rings (SSSR count). The highest BCUT2D eigenvalue weighted by Crippen LogP contribution is 2.60. The zero-order chi connectivity index (χ0) is 20.1. The van der Waals surface area contributed by atoms with E-state index < -0.39 is 75.0 Å². The van der Waals surface area contributed by atoms with Crippen molar-refractivity contribution in [1.29, 1.82) is 0 Å². The van der Waals surface area contributed by atoms with E-state index in [1.54, 1.807) is 0 Å². The molecule has 0 aromatic carbocycles. The van der Waals surface area contributed by atoms with Crippen LogP contribution in [0.1, 0.15) is 20.3 Å². The summed E-state index contributed by atoms with van der Waals surface area (Å²) in [5.41, 5.74) is -2.69. The quantitative estimate of drug-likeness (QED) is 0.394. The average Bonchev–Trinajstić information content (AvgIpc) is 2.84. The second kappa shape index (κ2) is 6.93. The van der Waals surface area contributed by atoms with Gasteiger partial charge in [-0.25, -0.2) is 22.1 Å². The van der Waals surface area contributed by atoms with E-state index in [2.05, 4.69) is 0 Å². The number of amides is 1. The van der Waals surface area contributed by atoms with E-state index in [0.29, 0.717) is 11.1 Å². The molecule has 3 heterocycles. The van der Waals surface area contributed by atoms with Crippen LogP contribution in [-0.4, -0.2) is 59.8 Å². The topological polar surface area (TPSA) is 91.4 Å². The number of hydrogen-bond donors (Lipinski definition) is 0. The minimum atomic E-state index is -4.36. The summed E-state index contributed by atoms with van der Waals surface area (Å²) < 4.78 is 88.0. The maximum absolute atomic E-state index is 14.9.